The minimum absolute atomic E-state index is 1.13. The molecule has 1 aromatic rings. The number of rotatable bonds is 2. The Kier molecular flexibility index (Phi) is 2.92. The van der Waals surface area contributed by atoms with Crippen molar-refractivity contribution in [3.8, 4) is 0 Å². The van der Waals surface area contributed by atoms with Crippen molar-refractivity contribution in [3.05, 3.63) is 52.6 Å². The first kappa shape index (κ1) is 10.4. The fraction of sp³-hybridized carbons (Fsp3) is 0.286. The van der Waals surface area contributed by atoms with Crippen molar-refractivity contribution in [1.82, 2.24) is 0 Å². The molecule has 0 unspecified atom stereocenters. The third-order valence-electron chi connectivity index (χ3n) is 2.94. The van der Waals surface area contributed by atoms with Gasteiger partial charge in [-0.05, 0) is 37.4 Å². The molecule has 0 aromatic heterocycles. The van der Waals surface area contributed by atoms with Crippen LogP contribution in [0.15, 0.2) is 35.9 Å². The molecule has 15 heavy (non-hydrogen) atoms. The number of allylic oxidation sites excluding steroid dienone is 4. The van der Waals surface area contributed by atoms with E-state index in [0.29, 0.717) is 0 Å². The second kappa shape index (κ2) is 4.19. The van der Waals surface area contributed by atoms with E-state index in [4.69, 9.17) is 0 Å². The van der Waals surface area contributed by atoms with E-state index in [1.54, 1.807) is 0 Å². The van der Waals surface area contributed by atoms with Gasteiger partial charge in [0.15, 0.2) is 0 Å². The van der Waals surface area contributed by atoms with Crippen molar-refractivity contribution in [1.29, 1.82) is 0 Å². The van der Waals surface area contributed by atoms with E-state index in [1.165, 1.54) is 44.1 Å². The van der Waals surface area contributed by atoms with Crippen molar-refractivity contribution in [2.45, 2.75) is 26.3 Å². The van der Waals surface area contributed by atoms with Gasteiger partial charge in [0, 0.05) is 10.2 Å². The van der Waals surface area contributed by atoms with Crippen LogP contribution in [0, 0.1) is 13.8 Å². The molecule has 0 nitrogen and oxygen atoms in total. The third-order valence-corrected chi connectivity index (χ3v) is 3.76. The zero-order chi connectivity index (χ0) is 10.8. The van der Waals surface area contributed by atoms with Crippen LogP contribution in [0.5, 0.6) is 0 Å². The van der Waals surface area contributed by atoms with Crippen LogP contribution in [0.1, 0.15) is 23.1 Å². The first-order chi connectivity index (χ1) is 7.19. The lowest BCUT2D eigenvalue weighted by Gasteiger charge is -2.05. The van der Waals surface area contributed by atoms with Gasteiger partial charge in [0.2, 0.25) is 0 Å². The summed E-state index contributed by atoms with van der Waals surface area (Å²) in [5.74, 6) is 0. The summed E-state index contributed by atoms with van der Waals surface area (Å²) in [6.07, 6.45) is 5.88. The van der Waals surface area contributed by atoms with Crippen LogP contribution in [0.4, 0.5) is 0 Å². The van der Waals surface area contributed by atoms with Crippen molar-refractivity contribution < 1.29 is 0 Å². The summed E-state index contributed by atoms with van der Waals surface area (Å²) in [6.45, 7) is 4.35. The van der Waals surface area contributed by atoms with Crippen LogP contribution >= 0.6 is 0 Å². The predicted molar refractivity (Wildman–Crippen MR) is 71.3 cm³/mol. The van der Waals surface area contributed by atoms with E-state index in [0.717, 1.165) is 6.42 Å². The summed E-state index contributed by atoms with van der Waals surface area (Å²) in [6, 6.07) is 8.11. The van der Waals surface area contributed by atoms with Crippen molar-refractivity contribution >= 4 is 15.8 Å². The quantitative estimate of drug-likeness (QED) is 0.664. The molecule has 78 valence electrons. The average Bonchev–Trinajstić information content (AvgIpc) is 2.64. The van der Waals surface area contributed by atoms with Crippen LogP contribution in [-0.2, 0) is 0 Å². The number of aryl methyl sites for hydroxylation is 2. The van der Waals surface area contributed by atoms with Gasteiger partial charge < -0.3 is 0 Å². The molecule has 1 aromatic carbocycles. The Labute approximate surface area is 95.1 Å². The maximum absolute atomic E-state index is 2.38. The van der Waals surface area contributed by atoms with E-state index >= 15 is 0 Å². The molecule has 0 N–H and O–H groups in total. The highest BCUT2D eigenvalue weighted by Crippen LogP contribution is 2.29. The standard InChI is InChI=1S/C14H18Si/c1-10-5-11(2)7-14(6-10)13-4-3-12(8-13)9-15/h3,5-8H,4,9H2,1-2,15H3. The summed E-state index contributed by atoms with van der Waals surface area (Å²) < 4.78 is 0. The summed E-state index contributed by atoms with van der Waals surface area (Å²) >= 11 is 0. The molecular formula is C14H18Si. The summed E-state index contributed by atoms with van der Waals surface area (Å²) in [5.41, 5.74) is 7.17. The molecule has 0 heterocycles. The molecule has 0 bridgehead atoms. The van der Waals surface area contributed by atoms with Crippen LogP contribution in [0.2, 0.25) is 6.04 Å². The largest absolute Gasteiger partial charge is 0.0772 e. The minimum Gasteiger partial charge on any atom is -0.0772 e. The van der Waals surface area contributed by atoms with E-state index in [1.807, 2.05) is 0 Å². The van der Waals surface area contributed by atoms with E-state index in [2.05, 4.69) is 44.2 Å². The fourth-order valence-electron chi connectivity index (χ4n) is 2.19. The van der Waals surface area contributed by atoms with Gasteiger partial charge in [-0.2, -0.15) is 0 Å². The monoisotopic (exact) mass is 214 g/mol. The first-order valence-corrected chi connectivity index (χ1v) is 7.08. The molecule has 2 rings (SSSR count). The Hall–Kier alpha value is -1.08. The van der Waals surface area contributed by atoms with Crippen molar-refractivity contribution in [2.24, 2.45) is 0 Å². The topological polar surface area (TPSA) is 0 Å². The number of benzene rings is 1. The van der Waals surface area contributed by atoms with Crippen LogP contribution in [0.25, 0.3) is 5.57 Å². The zero-order valence-corrected chi connectivity index (χ0v) is 11.8. The summed E-state index contributed by atoms with van der Waals surface area (Å²) in [5, 5.41) is 0. The minimum atomic E-state index is 1.13. The third kappa shape index (κ3) is 2.29. The molecule has 0 amide bonds. The smallest absolute Gasteiger partial charge is 0.00831 e. The highest BCUT2D eigenvalue weighted by atomic mass is 28.1. The molecule has 0 spiro atoms. The van der Waals surface area contributed by atoms with Gasteiger partial charge in [-0.3, -0.25) is 0 Å². The van der Waals surface area contributed by atoms with Gasteiger partial charge in [0.05, 0.1) is 0 Å². The Morgan fingerprint density at radius 2 is 1.80 bits per heavy atom. The van der Waals surface area contributed by atoms with Gasteiger partial charge in [-0.15, -0.1) is 0 Å². The molecule has 1 aliphatic rings. The Morgan fingerprint density at radius 1 is 1.13 bits per heavy atom. The zero-order valence-electron chi connectivity index (χ0n) is 9.80. The Balaban J connectivity index is 2.32. The first-order valence-electron chi connectivity index (χ1n) is 5.67. The second-order valence-corrected chi connectivity index (χ2v) is 5.09. The number of hydrogen-bond donors (Lipinski definition) is 0. The molecule has 1 heteroatoms. The fourth-order valence-corrected chi connectivity index (χ4v) is 2.68. The lowest BCUT2D eigenvalue weighted by Crippen LogP contribution is -1.85. The lowest BCUT2D eigenvalue weighted by molar-refractivity contribution is 1.34. The molecule has 0 atom stereocenters. The maximum atomic E-state index is 2.38. The Bertz CT molecular complexity index is 418. The lowest BCUT2D eigenvalue weighted by atomic mass is 10.0. The second-order valence-electron chi connectivity index (χ2n) is 4.38. The molecule has 0 aliphatic heterocycles. The maximum Gasteiger partial charge on any atom is 0.00831 e. The summed E-state index contributed by atoms with van der Waals surface area (Å²) in [4.78, 5) is 0. The Morgan fingerprint density at radius 3 is 2.33 bits per heavy atom. The highest BCUT2D eigenvalue weighted by molar-refractivity contribution is 6.10. The van der Waals surface area contributed by atoms with Crippen LogP contribution in [-0.4, -0.2) is 10.2 Å². The van der Waals surface area contributed by atoms with Crippen molar-refractivity contribution in [2.75, 3.05) is 0 Å². The van der Waals surface area contributed by atoms with Gasteiger partial charge in [0.1, 0.15) is 0 Å². The predicted octanol–water partition coefficient (Wildman–Crippen LogP) is 2.80. The molecule has 0 saturated carbocycles. The van der Waals surface area contributed by atoms with Gasteiger partial charge in [0.25, 0.3) is 0 Å². The van der Waals surface area contributed by atoms with Crippen LogP contribution < -0.4 is 0 Å². The molecule has 0 radical (unpaired) electrons. The molecular weight excluding hydrogens is 196 g/mol. The van der Waals surface area contributed by atoms with E-state index in [9.17, 15) is 0 Å². The van der Waals surface area contributed by atoms with Crippen molar-refractivity contribution in [3.63, 3.8) is 0 Å². The molecule has 1 aliphatic carbocycles. The molecule has 0 fully saturated rings. The SMILES string of the molecule is Cc1cc(C)cc(C2=CC(C[SiH3])=CC2)c1. The van der Waals surface area contributed by atoms with Gasteiger partial charge in [-0.1, -0.05) is 47.1 Å². The number of hydrogen-bond acceptors (Lipinski definition) is 0. The van der Waals surface area contributed by atoms with Crippen LogP contribution in [0.3, 0.4) is 0 Å². The average molecular weight is 214 g/mol. The highest BCUT2D eigenvalue weighted by Gasteiger charge is 2.08. The summed E-state index contributed by atoms with van der Waals surface area (Å²) in [7, 11) is 1.27. The van der Waals surface area contributed by atoms with Gasteiger partial charge >= 0.3 is 0 Å². The van der Waals surface area contributed by atoms with E-state index < -0.39 is 0 Å². The molecule has 0 saturated heterocycles. The van der Waals surface area contributed by atoms with E-state index in [-0.39, 0.29) is 0 Å². The normalized spacial score (nSPS) is 15.3. The van der Waals surface area contributed by atoms with Gasteiger partial charge in [-0.25, -0.2) is 0 Å².